The number of thiazole rings is 1. The van der Waals surface area contributed by atoms with Gasteiger partial charge in [-0.15, -0.1) is 11.3 Å². The Kier molecular flexibility index (Phi) is 5.16. The Hall–Kier alpha value is -3.78. The number of nitro benzene ring substituents is 1. The molecule has 3 aromatic carbocycles. The molecule has 0 aliphatic rings. The van der Waals surface area contributed by atoms with E-state index < -0.39 is 10.8 Å². The standard InChI is InChI=1S/C22H18N4O3S/c1-25(2)19-10-9-17(12-20(19)26(28)29)21(27)24-22-23-18(13-30-22)16-8-7-14-5-3-4-6-15(14)11-16/h3-13H,1-2H3,(H,23,24,27). The van der Waals surface area contributed by atoms with E-state index in [4.69, 9.17) is 0 Å². The summed E-state index contributed by atoms with van der Waals surface area (Å²) >= 11 is 1.31. The summed E-state index contributed by atoms with van der Waals surface area (Å²) in [6.07, 6.45) is 0. The highest BCUT2D eigenvalue weighted by atomic mass is 32.1. The molecule has 1 amide bonds. The van der Waals surface area contributed by atoms with Crippen molar-refractivity contribution in [2.45, 2.75) is 0 Å². The van der Waals surface area contributed by atoms with Gasteiger partial charge in [0.05, 0.1) is 10.6 Å². The normalized spacial score (nSPS) is 10.7. The zero-order valence-electron chi connectivity index (χ0n) is 16.3. The van der Waals surface area contributed by atoms with E-state index in [1.54, 1.807) is 31.1 Å². The van der Waals surface area contributed by atoms with E-state index in [9.17, 15) is 14.9 Å². The van der Waals surface area contributed by atoms with Crippen LogP contribution in [-0.2, 0) is 0 Å². The van der Waals surface area contributed by atoms with E-state index in [-0.39, 0.29) is 11.3 Å². The Morgan fingerprint density at radius 2 is 1.83 bits per heavy atom. The van der Waals surface area contributed by atoms with Gasteiger partial charge in [0.25, 0.3) is 11.6 Å². The van der Waals surface area contributed by atoms with Gasteiger partial charge < -0.3 is 4.90 Å². The van der Waals surface area contributed by atoms with Crippen LogP contribution in [0.2, 0.25) is 0 Å². The molecule has 7 nitrogen and oxygen atoms in total. The third kappa shape index (κ3) is 3.85. The summed E-state index contributed by atoms with van der Waals surface area (Å²) in [4.78, 5) is 29.6. The van der Waals surface area contributed by atoms with Gasteiger partial charge in [-0.05, 0) is 29.0 Å². The topological polar surface area (TPSA) is 88.4 Å². The minimum atomic E-state index is -0.493. The van der Waals surface area contributed by atoms with Crippen LogP contribution in [0.1, 0.15) is 10.4 Å². The zero-order chi connectivity index (χ0) is 21.3. The third-order valence-corrected chi connectivity index (χ3v) is 5.44. The number of hydrogen-bond donors (Lipinski definition) is 1. The van der Waals surface area contributed by atoms with Crippen LogP contribution in [0, 0.1) is 10.1 Å². The van der Waals surface area contributed by atoms with Crippen LogP contribution in [0.25, 0.3) is 22.0 Å². The highest BCUT2D eigenvalue weighted by Crippen LogP contribution is 2.30. The fourth-order valence-corrected chi connectivity index (χ4v) is 3.89. The van der Waals surface area contributed by atoms with Crippen molar-refractivity contribution in [3.63, 3.8) is 0 Å². The van der Waals surface area contributed by atoms with E-state index in [2.05, 4.69) is 16.4 Å². The molecule has 0 aliphatic carbocycles. The monoisotopic (exact) mass is 418 g/mol. The van der Waals surface area contributed by atoms with Gasteiger partial charge in [0.15, 0.2) is 5.13 Å². The largest absolute Gasteiger partial charge is 0.372 e. The number of nitrogens with zero attached hydrogens (tertiary/aromatic N) is 3. The molecule has 1 N–H and O–H groups in total. The van der Waals surface area contributed by atoms with Crippen molar-refractivity contribution in [1.82, 2.24) is 4.98 Å². The predicted molar refractivity (Wildman–Crippen MR) is 120 cm³/mol. The molecule has 0 spiro atoms. The quantitative estimate of drug-likeness (QED) is 0.356. The maximum absolute atomic E-state index is 12.6. The van der Waals surface area contributed by atoms with E-state index in [0.717, 1.165) is 22.0 Å². The van der Waals surface area contributed by atoms with Gasteiger partial charge >= 0.3 is 0 Å². The molecular formula is C22H18N4O3S. The Labute approximate surface area is 176 Å². The minimum absolute atomic E-state index is 0.122. The number of aromatic nitrogens is 1. The second kappa shape index (κ2) is 7.92. The van der Waals surface area contributed by atoms with Crippen LogP contribution in [0.4, 0.5) is 16.5 Å². The van der Waals surface area contributed by atoms with Gasteiger partial charge in [-0.25, -0.2) is 4.98 Å². The van der Waals surface area contributed by atoms with Gasteiger partial charge in [-0.1, -0.05) is 36.4 Å². The number of amides is 1. The number of nitro groups is 1. The lowest BCUT2D eigenvalue weighted by atomic mass is 10.1. The third-order valence-electron chi connectivity index (χ3n) is 4.69. The van der Waals surface area contributed by atoms with Crippen LogP contribution in [0.3, 0.4) is 0 Å². The fourth-order valence-electron chi connectivity index (χ4n) is 3.17. The Morgan fingerprint density at radius 1 is 1.07 bits per heavy atom. The molecule has 0 saturated heterocycles. The Bertz CT molecular complexity index is 1270. The lowest BCUT2D eigenvalue weighted by Gasteiger charge is -2.13. The smallest absolute Gasteiger partial charge is 0.293 e. The van der Waals surface area contributed by atoms with Crippen molar-refractivity contribution in [1.29, 1.82) is 0 Å². The molecule has 0 fully saturated rings. The molecule has 8 heteroatoms. The van der Waals surface area contributed by atoms with Crippen molar-refractivity contribution < 1.29 is 9.72 Å². The number of nitrogens with one attached hydrogen (secondary N) is 1. The van der Waals surface area contributed by atoms with Gasteiger partial charge in [0, 0.05) is 36.7 Å². The second-order valence-electron chi connectivity index (χ2n) is 6.91. The molecule has 0 unspecified atom stereocenters. The van der Waals surface area contributed by atoms with E-state index in [1.165, 1.54) is 17.4 Å². The number of fused-ring (bicyclic) bond motifs is 1. The summed E-state index contributed by atoms with van der Waals surface area (Å²) in [6, 6.07) is 18.6. The molecule has 0 saturated carbocycles. The van der Waals surface area contributed by atoms with Crippen LogP contribution in [-0.4, -0.2) is 29.9 Å². The Balaban J connectivity index is 1.56. The highest BCUT2D eigenvalue weighted by Gasteiger charge is 2.19. The molecule has 0 bridgehead atoms. The van der Waals surface area contributed by atoms with Crippen molar-refractivity contribution in [2.75, 3.05) is 24.3 Å². The molecule has 150 valence electrons. The first-order valence-electron chi connectivity index (χ1n) is 9.14. The molecule has 4 aromatic rings. The van der Waals surface area contributed by atoms with E-state index in [0.29, 0.717) is 10.8 Å². The Morgan fingerprint density at radius 3 is 2.57 bits per heavy atom. The molecule has 1 heterocycles. The van der Waals surface area contributed by atoms with Crippen LogP contribution in [0.15, 0.2) is 66.0 Å². The van der Waals surface area contributed by atoms with Crippen LogP contribution in [0.5, 0.6) is 0 Å². The first-order valence-corrected chi connectivity index (χ1v) is 10.0. The molecule has 0 aliphatic heterocycles. The van der Waals surface area contributed by atoms with Crippen molar-refractivity contribution >= 4 is 44.5 Å². The highest BCUT2D eigenvalue weighted by molar-refractivity contribution is 7.14. The number of anilines is 2. The minimum Gasteiger partial charge on any atom is -0.372 e. The van der Waals surface area contributed by atoms with Gasteiger partial charge in [-0.2, -0.15) is 0 Å². The lowest BCUT2D eigenvalue weighted by Crippen LogP contribution is -2.14. The average molecular weight is 418 g/mol. The van der Waals surface area contributed by atoms with Crippen molar-refractivity contribution in [2.24, 2.45) is 0 Å². The van der Waals surface area contributed by atoms with E-state index in [1.807, 2.05) is 41.8 Å². The molecule has 4 rings (SSSR count). The zero-order valence-corrected chi connectivity index (χ0v) is 17.1. The molecule has 0 atom stereocenters. The molecule has 30 heavy (non-hydrogen) atoms. The average Bonchev–Trinajstić information content (AvgIpc) is 3.21. The first kappa shape index (κ1) is 19.5. The van der Waals surface area contributed by atoms with E-state index >= 15 is 0 Å². The first-order chi connectivity index (χ1) is 14.4. The summed E-state index contributed by atoms with van der Waals surface area (Å²) in [5.41, 5.74) is 2.23. The number of rotatable bonds is 5. The summed E-state index contributed by atoms with van der Waals surface area (Å²) in [7, 11) is 3.43. The fraction of sp³-hybridized carbons (Fsp3) is 0.0909. The summed E-state index contributed by atoms with van der Waals surface area (Å²) in [5.74, 6) is -0.442. The number of carbonyl (C=O) groups excluding carboxylic acids is 1. The van der Waals surface area contributed by atoms with Gasteiger partial charge in [0.2, 0.25) is 0 Å². The summed E-state index contributed by atoms with van der Waals surface area (Å²) in [6.45, 7) is 0. The van der Waals surface area contributed by atoms with Gasteiger partial charge in [-0.3, -0.25) is 20.2 Å². The maximum atomic E-state index is 12.6. The van der Waals surface area contributed by atoms with Gasteiger partial charge in [0.1, 0.15) is 5.69 Å². The van der Waals surface area contributed by atoms with Crippen molar-refractivity contribution in [3.05, 3.63) is 81.7 Å². The van der Waals surface area contributed by atoms with Crippen molar-refractivity contribution in [3.8, 4) is 11.3 Å². The number of carbonyl (C=O) groups is 1. The lowest BCUT2D eigenvalue weighted by molar-refractivity contribution is -0.384. The summed E-state index contributed by atoms with van der Waals surface area (Å²) < 4.78 is 0. The molecular weight excluding hydrogens is 400 g/mol. The van der Waals surface area contributed by atoms with Crippen LogP contribution >= 0.6 is 11.3 Å². The van der Waals surface area contributed by atoms with Crippen LogP contribution < -0.4 is 10.2 Å². The maximum Gasteiger partial charge on any atom is 0.293 e. The SMILES string of the molecule is CN(C)c1ccc(C(=O)Nc2nc(-c3ccc4ccccc4c3)cs2)cc1[N+](=O)[O-]. The number of benzene rings is 3. The molecule has 1 aromatic heterocycles. The molecule has 0 radical (unpaired) electrons. The summed E-state index contributed by atoms with van der Waals surface area (Å²) in [5, 5.41) is 18.6. The second-order valence-corrected chi connectivity index (χ2v) is 7.77. The number of hydrogen-bond acceptors (Lipinski definition) is 6. The predicted octanol–water partition coefficient (Wildman–Crippen LogP) is 5.19.